The molecule has 0 saturated carbocycles. The molecule has 0 atom stereocenters. The van der Waals surface area contributed by atoms with Crippen molar-refractivity contribution >= 4 is 0 Å². The predicted molar refractivity (Wildman–Crippen MR) is 126 cm³/mol. The fraction of sp³-hybridized carbons (Fsp3) is 0.400. The van der Waals surface area contributed by atoms with Crippen molar-refractivity contribution in [2.75, 3.05) is 0 Å². The van der Waals surface area contributed by atoms with E-state index in [9.17, 15) is 0 Å². The summed E-state index contributed by atoms with van der Waals surface area (Å²) in [5.74, 6) is 3.20. The van der Waals surface area contributed by atoms with E-state index in [-0.39, 0.29) is 5.41 Å². The van der Waals surface area contributed by atoms with E-state index >= 15 is 0 Å². The second kappa shape index (κ2) is 9.02. The lowest BCUT2D eigenvalue weighted by molar-refractivity contribution is 0.490. The minimum atomic E-state index is -0.0629. The zero-order valence-corrected chi connectivity index (χ0v) is 19.5. The van der Waals surface area contributed by atoms with Gasteiger partial charge in [-0.1, -0.05) is 83.1 Å². The van der Waals surface area contributed by atoms with Gasteiger partial charge in [-0.15, -0.1) is 10.2 Å². The minimum Gasteiger partial charge on any atom is -0.245 e. The number of aryl methyl sites for hydroxylation is 1. The van der Waals surface area contributed by atoms with Gasteiger partial charge in [0.2, 0.25) is 5.82 Å². The van der Waals surface area contributed by atoms with Crippen LogP contribution in [-0.2, 0) is 18.4 Å². The number of aromatic amines is 1. The number of hydrogen-bond donors (Lipinski definition) is 1. The van der Waals surface area contributed by atoms with Gasteiger partial charge in [0.15, 0.2) is 5.82 Å². The summed E-state index contributed by atoms with van der Waals surface area (Å²) in [6, 6.07) is 16.7. The summed E-state index contributed by atoms with van der Waals surface area (Å²) < 4.78 is 2.07. The second-order valence-electron chi connectivity index (χ2n) is 9.67. The molecule has 166 valence electrons. The van der Waals surface area contributed by atoms with Crippen LogP contribution in [-0.4, -0.2) is 35.4 Å². The third-order valence-electron chi connectivity index (χ3n) is 5.44. The normalized spacial score (nSPS) is 11.9. The monoisotopic (exact) mass is 429 g/mol. The Labute approximate surface area is 189 Å². The molecule has 0 bridgehead atoms. The van der Waals surface area contributed by atoms with Gasteiger partial charge < -0.3 is 0 Å². The molecule has 0 aliphatic rings. The quantitative estimate of drug-likeness (QED) is 0.444. The Morgan fingerprint density at radius 3 is 2.31 bits per heavy atom. The molecular formula is C25H31N7. The number of H-pyrrole nitrogens is 1. The largest absolute Gasteiger partial charge is 0.245 e. The Balaban J connectivity index is 1.59. The Kier molecular flexibility index (Phi) is 6.17. The highest BCUT2D eigenvalue weighted by Gasteiger charge is 2.23. The van der Waals surface area contributed by atoms with E-state index in [1.54, 1.807) is 0 Å². The van der Waals surface area contributed by atoms with Gasteiger partial charge in [-0.05, 0) is 34.2 Å². The molecule has 0 fully saturated rings. The molecule has 2 heterocycles. The smallest absolute Gasteiger partial charge is 0.205 e. The first-order valence-electron chi connectivity index (χ1n) is 11.2. The van der Waals surface area contributed by atoms with Crippen LogP contribution in [0.15, 0.2) is 48.5 Å². The van der Waals surface area contributed by atoms with Gasteiger partial charge in [0.25, 0.3) is 0 Å². The number of benzene rings is 2. The first kappa shape index (κ1) is 21.9. The average Bonchev–Trinajstić information content (AvgIpc) is 3.43. The summed E-state index contributed by atoms with van der Waals surface area (Å²) in [5.41, 5.74) is 4.27. The molecule has 0 radical (unpaired) electrons. The summed E-state index contributed by atoms with van der Waals surface area (Å²) >= 11 is 0. The summed E-state index contributed by atoms with van der Waals surface area (Å²) in [4.78, 5) is 4.88. The third-order valence-corrected chi connectivity index (χ3v) is 5.44. The molecule has 0 spiro atoms. The SMILES string of the molecule is CC(C)CCc1nc(C(C)(C)C)n(Cc2ccc(-c3ccccc3-c3nn[nH]n3)cc2)n1. The predicted octanol–water partition coefficient (Wildman–Crippen LogP) is 5.06. The van der Waals surface area contributed by atoms with Gasteiger partial charge >= 0.3 is 0 Å². The molecule has 7 nitrogen and oxygen atoms in total. The number of hydrogen-bond acceptors (Lipinski definition) is 5. The van der Waals surface area contributed by atoms with Crippen molar-refractivity contribution in [2.24, 2.45) is 5.92 Å². The maximum atomic E-state index is 4.88. The molecule has 4 rings (SSSR count). The number of aromatic nitrogens is 7. The summed E-state index contributed by atoms with van der Waals surface area (Å²) in [7, 11) is 0. The van der Waals surface area contributed by atoms with Gasteiger partial charge in [0, 0.05) is 17.4 Å². The van der Waals surface area contributed by atoms with E-state index in [2.05, 4.69) is 90.3 Å². The fourth-order valence-corrected chi connectivity index (χ4v) is 3.75. The van der Waals surface area contributed by atoms with Crippen LogP contribution < -0.4 is 0 Å². The first-order chi connectivity index (χ1) is 15.3. The van der Waals surface area contributed by atoms with Gasteiger partial charge in [0.05, 0.1) is 6.54 Å². The van der Waals surface area contributed by atoms with Crippen LogP contribution in [0.4, 0.5) is 0 Å². The number of nitrogens with one attached hydrogen (secondary N) is 1. The van der Waals surface area contributed by atoms with Crippen LogP contribution >= 0.6 is 0 Å². The molecule has 7 heteroatoms. The number of rotatable bonds is 7. The average molecular weight is 430 g/mol. The van der Waals surface area contributed by atoms with Crippen molar-refractivity contribution in [3.8, 4) is 22.5 Å². The molecule has 0 unspecified atom stereocenters. The van der Waals surface area contributed by atoms with Gasteiger partial charge in [-0.3, -0.25) is 0 Å². The van der Waals surface area contributed by atoms with E-state index in [4.69, 9.17) is 10.1 Å². The zero-order valence-electron chi connectivity index (χ0n) is 19.5. The van der Waals surface area contributed by atoms with Gasteiger partial charge in [-0.25, -0.2) is 9.67 Å². The molecular weight excluding hydrogens is 398 g/mol. The van der Waals surface area contributed by atoms with Crippen LogP contribution in [0.25, 0.3) is 22.5 Å². The Morgan fingerprint density at radius 1 is 0.969 bits per heavy atom. The third kappa shape index (κ3) is 4.93. The Morgan fingerprint density at radius 2 is 1.69 bits per heavy atom. The lowest BCUT2D eigenvalue weighted by Crippen LogP contribution is -2.20. The maximum Gasteiger partial charge on any atom is 0.205 e. The topological polar surface area (TPSA) is 85.2 Å². The Bertz CT molecular complexity index is 1150. The maximum absolute atomic E-state index is 4.88. The first-order valence-corrected chi connectivity index (χ1v) is 11.2. The van der Waals surface area contributed by atoms with E-state index in [1.807, 2.05) is 18.2 Å². The van der Waals surface area contributed by atoms with Crippen molar-refractivity contribution in [1.29, 1.82) is 0 Å². The highest BCUT2D eigenvalue weighted by molar-refractivity contribution is 5.80. The number of tetrazole rings is 1. The summed E-state index contributed by atoms with van der Waals surface area (Å²) in [6.45, 7) is 11.8. The molecule has 4 aromatic rings. The van der Waals surface area contributed by atoms with Crippen LogP contribution in [0.5, 0.6) is 0 Å². The zero-order chi connectivity index (χ0) is 22.7. The standard InChI is InChI=1S/C25H31N7/c1-17(2)10-15-22-26-24(25(3,4)5)32(29-22)16-18-11-13-19(14-12-18)20-8-6-7-9-21(20)23-27-30-31-28-23/h6-9,11-14,17H,10,15-16H2,1-5H3,(H,27,28,30,31). The van der Waals surface area contributed by atoms with E-state index in [0.717, 1.165) is 41.2 Å². The van der Waals surface area contributed by atoms with Crippen LogP contribution in [0.3, 0.4) is 0 Å². The van der Waals surface area contributed by atoms with Gasteiger partial charge in [-0.2, -0.15) is 10.3 Å². The lowest BCUT2D eigenvalue weighted by atomic mass is 9.95. The van der Waals surface area contributed by atoms with E-state index in [1.165, 1.54) is 5.56 Å². The van der Waals surface area contributed by atoms with Crippen molar-refractivity contribution in [1.82, 2.24) is 35.4 Å². The van der Waals surface area contributed by atoms with Crippen LogP contribution in [0.2, 0.25) is 0 Å². The summed E-state index contributed by atoms with van der Waals surface area (Å²) in [5, 5.41) is 19.4. The molecule has 2 aromatic heterocycles. The molecule has 0 saturated heterocycles. The van der Waals surface area contributed by atoms with E-state index in [0.29, 0.717) is 18.3 Å². The number of nitrogens with zero attached hydrogens (tertiary/aromatic N) is 6. The molecule has 1 N–H and O–H groups in total. The molecule has 2 aromatic carbocycles. The van der Waals surface area contributed by atoms with Crippen LogP contribution in [0.1, 0.15) is 58.3 Å². The van der Waals surface area contributed by atoms with Gasteiger partial charge in [0.1, 0.15) is 5.82 Å². The molecule has 32 heavy (non-hydrogen) atoms. The molecule has 0 aliphatic carbocycles. The van der Waals surface area contributed by atoms with Crippen molar-refractivity contribution in [3.05, 3.63) is 65.7 Å². The van der Waals surface area contributed by atoms with E-state index < -0.39 is 0 Å². The minimum absolute atomic E-state index is 0.0629. The summed E-state index contributed by atoms with van der Waals surface area (Å²) in [6.07, 6.45) is 2.02. The fourth-order valence-electron chi connectivity index (χ4n) is 3.75. The highest BCUT2D eigenvalue weighted by atomic mass is 15.5. The van der Waals surface area contributed by atoms with Crippen molar-refractivity contribution in [3.63, 3.8) is 0 Å². The second-order valence-corrected chi connectivity index (χ2v) is 9.67. The van der Waals surface area contributed by atoms with Crippen molar-refractivity contribution in [2.45, 2.75) is 59.4 Å². The Hall–Kier alpha value is -3.35. The highest BCUT2D eigenvalue weighted by Crippen LogP contribution is 2.30. The van der Waals surface area contributed by atoms with Crippen LogP contribution in [0, 0.1) is 5.92 Å². The molecule has 0 amide bonds. The lowest BCUT2D eigenvalue weighted by Gasteiger charge is -2.18. The van der Waals surface area contributed by atoms with Crippen molar-refractivity contribution < 1.29 is 0 Å². The molecule has 0 aliphatic heterocycles.